The van der Waals surface area contributed by atoms with Gasteiger partial charge < -0.3 is 9.64 Å². The van der Waals surface area contributed by atoms with Crippen LogP contribution in [0.25, 0.3) is 0 Å². The van der Waals surface area contributed by atoms with Crippen LogP contribution in [0.15, 0.2) is 53.4 Å². The molecule has 1 aliphatic rings. The molecular weight excluding hydrogens is 478 g/mol. The molecule has 1 fully saturated rings. The predicted octanol–water partition coefficient (Wildman–Crippen LogP) is 2.08. The van der Waals surface area contributed by atoms with Crippen LogP contribution in [0.4, 0.5) is 5.69 Å². The third-order valence-corrected chi connectivity index (χ3v) is 8.83. The van der Waals surface area contributed by atoms with E-state index >= 15 is 0 Å². The van der Waals surface area contributed by atoms with E-state index in [-0.39, 0.29) is 37.0 Å². The highest BCUT2D eigenvalue weighted by Crippen LogP contribution is 2.25. The van der Waals surface area contributed by atoms with Gasteiger partial charge in [-0.05, 0) is 57.2 Å². The van der Waals surface area contributed by atoms with Crippen molar-refractivity contribution in [2.24, 2.45) is 0 Å². The molecule has 1 saturated heterocycles. The van der Waals surface area contributed by atoms with Crippen molar-refractivity contribution < 1.29 is 26.4 Å². The number of hydrogen-bond acceptors (Lipinski definition) is 6. The molecule has 2 aromatic rings. The Bertz CT molecular complexity index is 1200. The average molecular weight is 510 g/mol. The van der Waals surface area contributed by atoms with Crippen LogP contribution in [0.5, 0.6) is 5.75 Å². The van der Waals surface area contributed by atoms with E-state index in [0.717, 1.165) is 16.1 Å². The number of aryl methyl sites for hydroxylation is 1. The summed E-state index contributed by atoms with van der Waals surface area (Å²) in [7, 11) is -7.42. The fourth-order valence-corrected chi connectivity index (χ4v) is 6.52. The van der Waals surface area contributed by atoms with E-state index in [1.54, 1.807) is 48.5 Å². The van der Waals surface area contributed by atoms with E-state index < -0.39 is 26.1 Å². The molecule has 186 valence electrons. The summed E-state index contributed by atoms with van der Waals surface area (Å²) >= 11 is 0. The quantitative estimate of drug-likeness (QED) is 0.540. The van der Waals surface area contributed by atoms with Crippen molar-refractivity contribution in [2.45, 2.75) is 31.7 Å². The first kappa shape index (κ1) is 26.0. The summed E-state index contributed by atoms with van der Waals surface area (Å²) in [5.74, 6) is 0.219. The number of rotatable bonds is 8. The minimum Gasteiger partial charge on any atom is -0.494 e. The number of piperazine rings is 1. The molecule has 0 aliphatic carbocycles. The number of nitrogens with zero attached hydrogens (tertiary/aromatic N) is 3. The summed E-state index contributed by atoms with van der Waals surface area (Å²) in [5, 5.41) is 0. The van der Waals surface area contributed by atoms with Gasteiger partial charge >= 0.3 is 0 Å². The van der Waals surface area contributed by atoms with E-state index in [2.05, 4.69) is 0 Å². The Hall–Kier alpha value is -2.63. The first-order valence-corrected chi connectivity index (χ1v) is 14.3. The lowest BCUT2D eigenvalue weighted by Gasteiger charge is -2.37. The van der Waals surface area contributed by atoms with E-state index in [1.165, 1.54) is 16.1 Å². The fourth-order valence-electron chi connectivity index (χ4n) is 3.93. The molecule has 34 heavy (non-hydrogen) atoms. The van der Waals surface area contributed by atoms with Crippen LogP contribution < -0.4 is 9.04 Å². The van der Waals surface area contributed by atoms with E-state index in [9.17, 15) is 21.6 Å². The minimum atomic E-state index is -3.76. The third kappa shape index (κ3) is 5.70. The molecule has 1 heterocycles. The van der Waals surface area contributed by atoms with Gasteiger partial charge in [-0.15, -0.1) is 0 Å². The maximum absolute atomic E-state index is 13.2. The molecule has 0 N–H and O–H groups in total. The van der Waals surface area contributed by atoms with E-state index in [4.69, 9.17) is 4.74 Å². The van der Waals surface area contributed by atoms with Gasteiger partial charge in [-0.3, -0.25) is 9.10 Å². The van der Waals surface area contributed by atoms with Crippen LogP contribution in [0.3, 0.4) is 0 Å². The van der Waals surface area contributed by atoms with Crippen molar-refractivity contribution in [3.05, 3.63) is 54.1 Å². The van der Waals surface area contributed by atoms with Crippen molar-refractivity contribution >= 4 is 31.6 Å². The first-order valence-electron chi connectivity index (χ1n) is 11.0. The topological polar surface area (TPSA) is 104 Å². The number of carbonyl (C=O) groups excluding carboxylic acids is 1. The fraction of sp³-hybridized carbons (Fsp3) is 0.435. The molecule has 0 bridgehead atoms. The van der Waals surface area contributed by atoms with Gasteiger partial charge in [-0.1, -0.05) is 17.7 Å². The monoisotopic (exact) mass is 509 g/mol. The number of amides is 1. The summed E-state index contributed by atoms with van der Waals surface area (Å²) in [6, 6.07) is 12.2. The largest absolute Gasteiger partial charge is 0.494 e. The van der Waals surface area contributed by atoms with Gasteiger partial charge in [0.2, 0.25) is 26.0 Å². The molecule has 1 amide bonds. The lowest BCUT2D eigenvalue weighted by atomic mass is 10.2. The molecule has 1 atom stereocenters. The molecule has 0 saturated carbocycles. The van der Waals surface area contributed by atoms with Crippen LogP contribution in [0.2, 0.25) is 0 Å². The molecule has 0 unspecified atom stereocenters. The zero-order chi connectivity index (χ0) is 25.1. The van der Waals surface area contributed by atoms with Crippen LogP contribution >= 0.6 is 0 Å². The highest BCUT2D eigenvalue weighted by molar-refractivity contribution is 7.92. The zero-order valence-electron chi connectivity index (χ0n) is 19.8. The van der Waals surface area contributed by atoms with Crippen molar-refractivity contribution in [3.63, 3.8) is 0 Å². The summed E-state index contributed by atoms with van der Waals surface area (Å²) in [6.45, 7) is 6.38. The molecule has 0 aromatic heterocycles. The van der Waals surface area contributed by atoms with Crippen molar-refractivity contribution in [1.29, 1.82) is 0 Å². The summed E-state index contributed by atoms with van der Waals surface area (Å²) in [6.07, 6.45) is 1.05. The number of sulfonamides is 2. The smallest absolute Gasteiger partial charge is 0.246 e. The summed E-state index contributed by atoms with van der Waals surface area (Å²) < 4.78 is 58.9. The molecule has 0 spiro atoms. The number of ether oxygens (including phenoxy) is 1. The van der Waals surface area contributed by atoms with Gasteiger partial charge in [0.1, 0.15) is 11.8 Å². The molecule has 3 rings (SSSR count). The van der Waals surface area contributed by atoms with Gasteiger partial charge in [0.25, 0.3) is 0 Å². The summed E-state index contributed by atoms with van der Waals surface area (Å²) in [4.78, 5) is 14.9. The van der Waals surface area contributed by atoms with Gasteiger partial charge in [-0.25, -0.2) is 16.8 Å². The van der Waals surface area contributed by atoms with Gasteiger partial charge in [0.05, 0.1) is 23.4 Å². The second kappa shape index (κ2) is 10.3. The SMILES string of the molecule is CCOc1ccc(N([C@@H](C)C(=O)N2CCN(S(=O)(=O)c3ccc(C)cc3)CC2)S(C)(=O)=O)cc1. The Balaban J connectivity index is 1.73. The van der Waals surface area contributed by atoms with Gasteiger partial charge in [-0.2, -0.15) is 4.31 Å². The number of carbonyl (C=O) groups is 1. The lowest BCUT2D eigenvalue weighted by molar-refractivity contribution is -0.133. The van der Waals surface area contributed by atoms with E-state index in [0.29, 0.717) is 18.0 Å². The summed E-state index contributed by atoms with van der Waals surface area (Å²) in [5.41, 5.74) is 1.32. The number of anilines is 1. The molecule has 0 radical (unpaired) electrons. The Morgan fingerprint density at radius 1 is 0.971 bits per heavy atom. The predicted molar refractivity (Wildman–Crippen MR) is 131 cm³/mol. The van der Waals surface area contributed by atoms with Crippen LogP contribution in [0, 0.1) is 6.92 Å². The molecule has 11 heteroatoms. The Morgan fingerprint density at radius 2 is 1.53 bits per heavy atom. The Kier molecular flexibility index (Phi) is 7.89. The average Bonchev–Trinajstić information content (AvgIpc) is 2.79. The van der Waals surface area contributed by atoms with Gasteiger partial charge in [0.15, 0.2) is 0 Å². The second-order valence-electron chi connectivity index (χ2n) is 8.20. The van der Waals surface area contributed by atoms with E-state index in [1.807, 2.05) is 13.8 Å². The second-order valence-corrected chi connectivity index (χ2v) is 12.0. The van der Waals surface area contributed by atoms with Crippen LogP contribution in [0.1, 0.15) is 19.4 Å². The normalized spacial score (nSPS) is 16.2. The van der Waals surface area contributed by atoms with Crippen LogP contribution in [-0.2, 0) is 24.8 Å². The van der Waals surface area contributed by atoms with Crippen molar-refractivity contribution in [1.82, 2.24) is 9.21 Å². The highest BCUT2D eigenvalue weighted by Gasteiger charge is 2.35. The molecule has 2 aromatic carbocycles. The highest BCUT2D eigenvalue weighted by atomic mass is 32.2. The van der Waals surface area contributed by atoms with Crippen molar-refractivity contribution in [3.8, 4) is 5.75 Å². The van der Waals surface area contributed by atoms with Crippen molar-refractivity contribution in [2.75, 3.05) is 43.3 Å². The Morgan fingerprint density at radius 3 is 2.03 bits per heavy atom. The van der Waals surface area contributed by atoms with Gasteiger partial charge in [0, 0.05) is 26.2 Å². The first-order chi connectivity index (χ1) is 15.9. The number of hydrogen-bond donors (Lipinski definition) is 0. The minimum absolute atomic E-state index is 0.136. The maximum atomic E-state index is 13.2. The maximum Gasteiger partial charge on any atom is 0.246 e. The lowest BCUT2D eigenvalue weighted by Crippen LogP contribution is -2.56. The number of benzene rings is 2. The molecule has 1 aliphatic heterocycles. The zero-order valence-corrected chi connectivity index (χ0v) is 21.5. The Labute approximate surface area is 202 Å². The molecular formula is C23H31N3O6S2. The standard InChI is InChI=1S/C23H31N3O6S2/c1-5-32-21-10-8-20(9-11-21)26(33(4,28)29)19(3)23(27)24-14-16-25(17-15-24)34(30,31)22-12-6-18(2)7-13-22/h6-13,19H,5,14-17H2,1-4H3/t19-/m0/s1. The molecule has 9 nitrogen and oxygen atoms in total. The van der Waals surface area contributed by atoms with Crippen LogP contribution in [-0.4, -0.2) is 77.0 Å². The third-order valence-electron chi connectivity index (χ3n) is 5.68.